The lowest BCUT2D eigenvalue weighted by atomic mass is 9.80. The number of nitrogens with two attached hydrogens (primary N) is 1. The second kappa shape index (κ2) is 4.08. The lowest BCUT2D eigenvalue weighted by Gasteiger charge is -2.25. The minimum atomic E-state index is -0.606. The third-order valence-corrected chi connectivity index (χ3v) is 3.49. The van der Waals surface area contributed by atoms with Crippen molar-refractivity contribution in [2.45, 2.75) is 25.2 Å². The van der Waals surface area contributed by atoms with Crippen LogP contribution in [0.3, 0.4) is 0 Å². The standard InChI is InChI=1S/C13H13F2N3/c14-9-4-8(5-10(15)6-9)11-12(7-2-1-3-7)17-18-13(11)16/h4-7H,1-3H2,(H3,16,17,18). The van der Waals surface area contributed by atoms with Crippen LogP contribution in [0.25, 0.3) is 11.1 Å². The summed E-state index contributed by atoms with van der Waals surface area (Å²) in [6, 6.07) is 3.42. The Kier molecular flexibility index (Phi) is 2.54. The second-order valence-corrected chi connectivity index (χ2v) is 4.68. The maximum absolute atomic E-state index is 13.3. The fourth-order valence-corrected chi connectivity index (χ4v) is 2.36. The van der Waals surface area contributed by atoms with E-state index in [9.17, 15) is 8.78 Å². The molecule has 0 atom stereocenters. The summed E-state index contributed by atoms with van der Waals surface area (Å²) in [6.45, 7) is 0. The molecular formula is C13H13F2N3. The van der Waals surface area contributed by atoms with E-state index in [2.05, 4.69) is 10.2 Å². The highest BCUT2D eigenvalue weighted by atomic mass is 19.1. The van der Waals surface area contributed by atoms with E-state index in [1.165, 1.54) is 18.6 Å². The smallest absolute Gasteiger partial charge is 0.153 e. The molecule has 1 heterocycles. The molecule has 1 fully saturated rings. The molecule has 3 N–H and O–H groups in total. The molecule has 3 nitrogen and oxygen atoms in total. The fraction of sp³-hybridized carbons (Fsp3) is 0.308. The zero-order valence-electron chi connectivity index (χ0n) is 9.71. The summed E-state index contributed by atoms with van der Waals surface area (Å²) in [7, 11) is 0. The quantitative estimate of drug-likeness (QED) is 0.858. The van der Waals surface area contributed by atoms with Crippen molar-refractivity contribution < 1.29 is 8.78 Å². The number of nitrogen functional groups attached to an aromatic ring is 1. The van der Waals surface area contributed by atoms with E-state index in [1.54, 1.807) is 0 Å². The predicted molar refractivity (Wildman–Crippen MR) is 64.9 cm³/mol. The van der Waals surface area contributed by atoms with Crippen LogP contribution in [0, 0.1) is 11.6 Å². The third kappa shape index (κ3) is 1.75. The van der Waals surface area contributed by atoms with Gasteiger partial charge in [0.1, 0.15) is 11.6 Å². The van der Waals surface area contributed by atoms with E-state index in [-0.39, 0.29) is 0 Å². The van der Waals surface area contributed by atoms with Gasteiger partial charge in [0.25, 0.3) is 0 Å². The average Bonchev–Trinajstić information content (AvgIpc) is 2.56. The lowest BCUT2D eigenvalue weighted by molar-refractivity contribution is 0.411. The van der Waals surface area contributed by atoms with Crippen LogP contribution in [-0.2, 0) is 0 Å². The minimum Gasteiger partial charge on any atom is -0.382 e. The molecule has 1 aliphatic carbocycles. The Morgan fingerprint density at radius 2 is 1.83 bits per heavy atom. The van der Waals surface area contributed by atoms with Crippen molar-refractivity contribution in [1.29, 1.82) is 0 Å². The highest BCUT2D eigenvalue weighted by Gasteiger charge is 2.26. The molecule has 0 aliphatic heterocycles. The Morgan fingerprint density at radius 1 is 1.17 bits per heavy atom. The van der Waals surface area contributed by atoms with E-state index < -0.39 is 11.6 Å². The third-order valence-electron chi connectivity index (χ3n) is 3.49. The Balaban J connectivity index is 2.12. The summed E-state index contributed by atoms with van der Waals surface area (Å²) < 4.78 is 26.5. The van der Waals surface area contributed by atoms with Crippen LogP contribution in [0.15, 0.2) is 18.2 Å². The second-order valence-electron chi connectivity index (χ2n) is 4.68. The van der Waals surface area contributed by atoms with Crippen LogP contribution in [0.1, 0.15) is 30.9 Å². The van der Waals surface area contributed by atoms with E-state index in [1.807, 2.05) is 0 Å². The summed E-state index contributed by atoms with van der Waals surface area (Å²) in [5.74, 6) is -0.548. The molecule has 18 heavy (non-hydrogen) atoms. The SMILES string of the molecule is Nc1n[nH]c(C2CCC2)c1-c1cc(F)cc(F)c1. The molecule has 1 aromatic heterocycles. The number of hydrogen-bond donors (Lipinski definition) is 2. The van der Waals surface area contributed by atoms with Gasteiger partial charge >= 0.3 is 0 Å². The van der Waals surface area contributed by atoms with Crippen molar-refractivity contribution in [3.05, 3.63) is 35.5 Å². The first-order valence-electron chi connectivity index (χ1n) is 5.95. The predicted octanol–water partition coefficient (Wildman–Crippen LogP) is 3.20. The number of halogens is 2. The van der Waals surface area contributed by atoms with E-state index in [0.717, 1.165) is 24.6 Å². The Bertz CT molecular complexity index is 568. The van der Waals surface area contributed by atoms with Crippen LogP contribution in [0.4, 0.5) is 14.6 Å². The van der Waals surface area contributed by atoms with Crippen molar-refractivity contribution in [3.8, 4) is 11.1 Å². The number of rotatable bonds is 2. The molecule has 1 saturated carbocycles. The van der Waals surface area contributed by atoms with Gasteiger partial charge in [0.05, 0.1) is 0 Å². The topological polar surface area (TPSA) is 54.7 Å². The van der Waals surface area contributed by atoms with Crippen molar-refractivity contribution >= 4 is 5.82 Å². The molecule has 0 amide bonds. The van der Waals surface area contributed by atoms with Gasteiger partial charge in [0.15, 0.2) is 5.82 Å². The molecular weight excluding hydrogens is 236 g/mol. The molecule has 0 spiro atoms. The number of aromatic nitrogens is 2. The van der Waals surface area contributed by atoms with Crippen LogP contribution >= 0.6 is 0 Å². The number of benzene rings is 1. The summed E-state index contributed by atoms with van der Waals surface area (Å²) in [5, 5.41) is 6.86. The number of anilines is 1. The lowest BCUT2D eigenvalue weighted by Crippen LogP contribution is -2.10. The largest absolute Gasteiger partial charge is 0.382 e. The molecule has 3 rings (SSSR count). The highest BCUT2D eigenvalue weighted by molar-refractivity contribution is 5.76. The van der Waals surface area contributed by atoms with Crippen molar-refractivity contribution in [3.63, 3.8) is 0 Å². The Hall–Kier alpha value is -1.91. The van der Waals surface area contributed by atoms with Crippen LogP contribution in [-0.4, -0.2) is 10.2 Å². The number of hydrogen-bond acceptors (Lipinski definition) is 2. The summed E-state index contributed by atoms with van der Waals surface area (Å²) in [6.07, 6.45) is 3.29. The monoisotopic (exact) mass is 249 g/mol. The van der Waals surface area contributed by atoms with Crippen LogP contribution < -0.4 is 5.73 Å². The van der Waals surface area contributed by atoms with Gasteiger partial charge in [-0.25, -0.2) is 8.78 Å². The molecule has 5 heteroatoms. The normalized spacial score (nSPS) is 15.7. The summed E-state index contributed by atoms with van der Waals surface area (Å²) >= 11 is 0. The van der Waals surface area contributed by atoms with Crippen LogP contribution in [0.5, 0.6) is 0 Å². The summed E-state index contributed by atoms with van der Waals surface area (Å²) in [4.78, 5) is 0. The molecule has 94 valence electrons. The van der Waals surface area contributed by atoms with E-state index >= 15 is 0 Å². The van der Waals surface area contributed by atoms with Crippen molar-refractivity contribution in [2.75, 3.05) is 5.73 Å². The molecule has 0 unspecified atom stereocenters. The van der Waals surface area contributed by atoms with Crippen molar-refractivity contribution in [2.24, 2.45) is 0 Å². The molecule has 0 saturated heterocycles. The number of nitrogens with one attached hydrogen (secondary N) is 1. The highest BCUT2D eigenvalue weighted by Crippen LogP contribution is 2.42. The van der Waals surface area contributed by atoms with Gasteiger partial charge in [0, 0.05) is 23.2 Å². The van der Waals surface area contributed by atoms with Crippen molar-refractivity contribution in [1.82, 2.24) is 10.2 Å². The molecule has 0 radical (unpaired) electrons. The molecule has 0 bridgehead atoms. The zero-order valence-corrected chi connectivity index (χ0v) is 9.71. The van der Waals surface area contributed by atoms with Gasteiger partial charge in [-0.05, 0) is 30.5 Å². The molecule has 2 aromatic rings. The fourth-order valence-electron chi connectivity index (χ4n) is 2.36. The molecule has 1 aliphatic rings. The first kappa shape index (κ1) is 11.2. The first-order valence-corrected chi connectivity index (χ1v) is 5.95. The first-order chi connectivity index (χ1) is 8.65. The Labute approximate surface area is 103 Å². The average molecular weight is 249 g/mol. The van der Waals surface area contributed by atoms with Gasteiger partial charge in [-0.1, -0.05) is 6.42 Å². The number of H-pyrrole nitrogens is 1. The Morgan fingerprint density at radius 3 is 2.39 bits per heavy atom. The number of nitrogens with zero attached hydrogens (tertiary/aromatic N) is 1. The van der Waals surface area contributed by atoms with Crippen LogP contribution in [0.2, 0.25) is 0 Å². The van der Waals surface area contributed by atoms with E-state index in [0.29, 0.717) is 22.9 Å². The van der Waals surface area contributed by atoms with Gasteiger partial charge < -0.3 is 5.73 Å². The maximum Gasteiger partial charge on any atom is 0.153 e. The molecule has 1 aromatic carbocycles. The minimum absolute atomic E-state index is 0.293. The van der Waals surface area contributed by atoms with Gasteiger partial charge in [-0.15, -0.1) is 0 Å². The maximum atomic E-state index is 13.3. The van der Waals surface area contributed by atoms with Gasteiger partial charge in [0.2, 0.25) is 0 Å². The zero-order chi connectivity index (χ0) is 12.7. The summed E-state index contributed by atoms with van der Waals surface area (Å²) in [5.41, 5.74) is 7.78. The van der Waals surface area contributed by atoms with E-state index in [4.69, 9.17) is 5.73 Å². The van der Waals surface area contributed by atoms with Gasteiger partial charge in [-0.3, -0.25) is 5.10 Å². The van der Waals surface area contributed by atoms with Gasteiger partial charge in [-0.2, -0.15) is 5.10 Å². The number of aromatic amines is 1.